The maximum absolute atomic E-state index is 12.1. The largest absolute Gasteiger partial charge is 0.383 e. The molecule has 0 aliphatic carbocycles. The molecule has 3 N–H and O–H groups in total. The highest BCUT2D eigenvalue weighted by atomic mass is 16.1. The second-order valence-electron chi connectivity index (χ2n) is 5.65. The SMILES string of the molecule is NC(=Nc1cccc(NC(=O)C=Cc2ccccc2)c1)c1ccccc1. The highest BCUT2D eigenvalue weighted by molar-refractivity contribution is 6.02. The summed E-state index contributed by atoms with van der Waals surface area (Å²) < 4.78 is 0. The Labute approximate surface area is 152 Å². The molecule has 3 aromatic rings. The second-order valence-corrected chi connectivity index (χ2v) is 5.65. The average molecular weight is 341 g/mol. The third-order valence-electron chi connectivity index (χ3n) is 3.66. The minimum atomic E-state index is -0.203. The molecule has 0 aliphatic rings. The molecule has 0 radical (unpaired) electrons. The van der Waals surface area contributed by atoms with E-state index in [1.165, 1.54) is 6.08 Å². The lowest BCUT2D eigenvalue weighted by Crippen LogP contribution is -2.12. The maximum atomic E-state index is 12.1. The highest BCUT2D eigenvalue weighted by Gasteiger charge is 2.01. The molecule has 3 aromatic carbocycles. The molecule has 0 atom stereocenters. The molecular weight excluding hydrogens is 322 g/mol. The molecule has 128 valence electrons. The number of rotatable bonds is 5. The molecule has 1 amide bonds. The smallest absolute Gasteiger partial charge is 0.248 e. The molecule has 0 aromatic heterocycles. The molecule has 4 nitrogen and oxygen atoms in total. The van der Waals surface area contributed by atoms with Gasteiger partial charge in [-0.2, -0.15) is 0 Å². The molecule has 0 spiro atoms. The Kier molecular flexibility index (Phi) is 5.58. The van der Waals surface area contributed by atoms with Crippen LogP contribution in [0.5, 0.6) is 0 Å². The van der Waals surface area contributed by atoms with Crippen LogP contribution < -0.4 is 11.1 Å². The lowest BCUT2D eigenvalue weighted by atomic mass is 10.2. The number of nitrogens with one attached hydrogen (secondary N) is 1. The van der Waals surface area contributed by atoms with Crippen LogP contribution in [-0.2, 0) is 4.79 Å². The van der Waals surface area contributed by atoms with Gasteiger partial charge in [0.05, 0.1) is 5.69 Å². The fourth-order valence-corrected chi connectivity index (χ4v) is 2.39. The minimum absolute atomic E-state index is 0.203. The van der Waals surface area contributed by atoms with Crippen LogP contribution in [-0.4, -0.2) is 11.7 Å². The number of carbonyl (C=O) groups excluding carboxylic acids is 1. The van der Waals surface area contributed by atoms with Crippen LogP contribution in [0, 0.1) is 0 Å². The van der Waals surface area contributed by atoms with Crippen LogP contribution in [0.4, 0.5) is 11.4 Å². The van der Waals surface area contributed by atoms with Gasteiger partial charge in [-0.1, -0.05) is 66.7 Å². The number of anilines is 1. The van der Waals surface area contributed by atoms with Gasteiger partial charge in [0.2, 0.25) is 5.91 Å². The number of benzene rings is 3. The normalized spacial score (nSPS) is 11.5. The molecule has 0 heterocycles. The van der Waals surface area contributed by atoms with Crippen LogP contribution in [0.3, 0.4) is 0 Å². The number of aliphatic imine (C=N–C) groups is 1. The number of nitrogens with zero attached hydrogens (tertiary/aromatic N) is 1. The highest BCUT2D eigenvalue weighted by Crippen LogP contribution is 2.19. The first-order valence-electron chi connectivity index (χ1n) is 8.24. The van der Waals surface area contributed by atoms with E-state index in [0.717, 1.165) is 11.1 Å². The standard InChI is InChI=1S/C22H19N3O/c23-22(18-10-5-2-6-11-18)25-20-13-7-12-19(16-20)24-21(26)15-14-17-8-3-1-4-9-17/h1-16H,(H2,23,25)(H,24,26). The van der Waals surface area contributed by atoms with Crippen molar-refractivity contribution in [2.75, 3.05) is 5.32 Å². The van der Waals surface area contributed by atoms with Crippen LogP contribution in [0.1, 0.15) is 11.1 Å². The third kappa shape index (κ3) is 4.92. The zero-order valence-corrected chi connectivity index (χ0v) is 14.2. The fourth-order valence-electron chi connectivity index (χ4n) is 2.39. The summed E-state index contributed by atoms with van der Waals surface area (Å²) in [5.74, 6) is 0.226. The summed E-state index contributed by atoms with van der Waals surface area (Å²) in [5.41, 5.74) is 9.20. The van der Waals surface area contributed by atoms with Gasteiger partial charge in [-0.25, -0.2) is 4.99 Å². The number of carbonyl (C=O) groups is 1. The van der Waals surface area contributed by atoms with Crippen molar-refractivity contribution in [3.63, 3.8) is 0 Å². The number of amidine groups is 1. The first-order chi connectivity index (χ1) is 12.7. The van der Waals surface area contributed by atoms with E-state index in [1.807, 2.05) is 78.9 Å². The monoisotopic (exact) mass is 341 g/mol. The first kappa shape index (κ1) is 17.2. The minimum Gasteiger partial charge on any atom is -0.383 e. The van der Waals surface area contributed by atoms with Gasteiger partial charge in [-0.3, -0.25) is 4.79 Å². The summed E-state index contributed by atoms with van der Waals surface area (Å²) >= 11 is 0. The van der Waals surface area contributed by atoms with Crippen molar-refractivity contribution in [3.8, 4) is 0 Å². The Balaban J connectivity index is 1.69. The summed E-state index contributed by atoms with van der Waals surface area (Å²) in [6, 6.07) is 26.5. The van der Waals surface area contributed by atoms with Gasteiger partial charge < -0.3 is 11.1 Å². The zero-order valence-electron chi connectivity index (χ0n) is 14.2. The first-order valence-corrected chi connectivity index (χ1v) is 8.24. The number of hydrogen-bond acceptors (Lipinski definition) is 2. The molecule has 0 unspecified atom stereocenters. The van der Waals surface area contributed by atoms with Crippen LogP contribution in [0.2, 0.25) is 0 Å². The summed E-state index contributed by atoms with van der Waals surface area (Å²) in [6.45, 7) is 0. The van der Waals surface area contributed by atoms with Crippen molar-refractivity contribution in [1.29, 1.82) is 0 Å². The zero-order chi connectivity index (χ0) is 18.2. The predicted molar refractivity (Wildman–Crippen MR) is 107 cm³/mol. The van der Waals surface area contributed by atoms with E-state index >= 15 is 0 Å². The van der Waals surface area contributed by atoms with Crippen molar-refractivity contribution < 1.29 is 4.79 Å². The van der Waals surface area contributed by atoms with Crippen LogP contribution in [0.15, 0.2) is 96.0 Å². The molecule has 0 aliphatic heterocycles. The molecule has 0 saturated heterocycles. The van der Waals surface area contributed by atoms with E-state index in [9.17, 15) is 4.79 Å². The topological polar surface area (TPSA) is 67.5 Å². The molecule has 26 heavy (non-hydrogen) atoms. The van der Waals surface area contributed by atoms with E-state index in [1.54, 1.807) is 12.1 Å². The van der Waals surface area contributed by atoms with Crippen LogP contribution in [0.25, 0.3) is 6.08 Å². The van der Waals surface area contributed by atoms with Gasteiger partial charge in [0.15, 0.2) is 0 Å². The van der Waals surface area contributed by atoms with Crippen molar-refractivity contribution in [1.82, 2.24) is 0 Å². The van der Waals surface area contributed by atoms with E-state index in [-0.39, 0.29) is 5.91 Å². The van der Waals surface area contributed by atoms with Gasteiger partial charge in [0, 0.05) is 17.3 Å². The van der Waals surface area contributed by atoms with Gasteiger partial charge in [0.1, 0.15) is 5.84 Å². The molecule has 3 rings (SSSR count). The Hall–Kier alpha value is -3.66. The molecule has 0 bridgehead atoms. The molecule has 0 saturated carbocycles. The van der Waals surface area contributed by atoms with Crippen LogP contribution >= 0.6 is 0 Å². The number of amides is 1. The molecule has 0 fully saturated rings. The Morgan fingerprint density at radius 1 is 0.885 bits per heavy atom. The van der Waals surface area contributed by atoms with Gasteiger partial charge in [-0.15, -0.1) is 0 Å². The maximum Gasteiger partial charge on any atom is 0.248 e. The second kappa shape index (κ2) is 8.44. The van der Waals surface area contributed by atoms with Gasteiger partial charge in [0.25, 0.3) is 0 Å². The average Bonchev–Trinajstić information content (AvgIpc) is 2.68. The fraction of sp³-hybridized carbons (Fsp3) is 0. The predicted octanol–water partition coefficient (Wildman–Crippen LogP) is 4.38. The lowest BCUT2D eigenvalue weighted by Gasteiger charge is -2.05. The molecule has 4 heteroatoms. The Bertz CT molecular complexity index is 932. The Morgan fingerprint density at radius 2 is 1.58 bits per heavy atom. The van der Waals surface area contributed by atoms with Crippen molar-refractivity contribution in [2.45, 2.75) is 0 Å². The van der Waals surface area contributed by atoms with Crippen molar-refractivity contribution >= 4 is 29.2 Å². The number of hydrogen-bond donors (Lipinski definition) is 2. The van der Waals surface area contributed by atoms with Gasteiger partial charge >= 0.3 is 0 Å². The number of nitrogens with two attached hydrogens (primary N) is 1. The quantitative estimate of drug-likeness (QED) is 0.411. The third-order valence-corrected chi connectivity index (χ3v) is 3.66. The Morgan fingerprint density at radius 3 is 2.31 bits per heavy atom. The summed E-state index contributed by atoms with van der Waals surface area (Å²) in [5, 5.41) is 2.83. The summed E-state index contributed by atoms with van der Waals surface area (Å²) in [7, 11) is 0. The summed E-state index contributed by atoms with van der Waals surface area (Å²) in [4.78, 5) is 16.5. The van der Waals surface area contributed by atoms with E-state index in [0.29, 0.717) is 17.2 Å². The van der Waals surface area contributed by atoms with Crippen molar-refractivity contribution in [2.24, 2.45) is 10.7 Å². The summed E-state index contributed by atoms with van der Waals surface area (Å²) in [6.07, 6.45) is 3.27. The molecular formula is C22H19N3O. The van der Waals surface area contributed by atoms with Gasteiger partial charge in [-0.05, 0) is 29.8 Å². The van der Waals surface area contributed by atoms with E-state index in [4.69, 9.17) is 5.73 Å². The van der Waals surface area contributed by atoms with E-state index < -0.39 is 0 Å². The lowest BCUT2D eigenvalue weighted by molar-refractivity contribution is -0.111. The van der Waals surface area contributed by atoms with Crippen molar-refractivity contribution in [3.05, 3.63) is 102 Å². The van der Waals surface area contributed by atoms with E-state index in [2.05, 4.69) is 10.3 Å².